The van der Waals surface area contributed by atoms with Gasteiger partial charge in [-0.25, -0.2) is 9.78 Å². The van der Waals surface area contributed by atoms with Gasteiger partial charge in [0.15, 0.2) is 0 Å². The van der Waals surface area contributed by atoms with Crippen LogP contribution < -0.4 is 10.1 Å². The standard InChI is InChI=1S/C25H26F3N3O3/c1-15-11-16(2)13-19(12-15)31-22-9-3-17(4-10-23(32)33)14-21(22)30-24(31)29-18-5-7-20(8-6-18)34-25(26,27)28/h3-10,14-16,19H,11-13H2,1-2H3,(H,29,30)(H,32,33)/b10-4+. The summed E-state index contributed by atoms with van der Waals surface area (Å²) in [5.41, 5.74) is 2.91. The van der Waals surface area contributed by atoms with E-state index >= 15 is 0 Å². The number of rotatable bonds is 6. The van der Waals surface area contributed by atoms with E-state index < -0.39 is 12.3 Å². The fraction of sp³-hybridized carbons (Fsp3) is 0.360. The summed E-state index contributed by atoms with van der Waals surface area (Å²) in [7, 11) is 0. The molecule has 1 aromatic heterocycles. The minimum Gasteiger partial charge on any atom is -0.478 e. The largest absolute Gasteiger partial charge is 0.573 e. The third-order valence-corrected chi connectivity index (χ3v) is 5.99. The molecule has 0 amide bonds. The predicted molar refractivity (Wildman–Crippen MR) is 124 cm³/mol. The first-order valence-corrected chi connectivity index (χ1v) is 11.1. The maximum absolute atomic E-state index is 12.5. The van der Waals surface area contributed by atoms with Crippen molar-refractivity contribution in [3.8, 4) is 5.75 Å². The first-order chi connectivity index (χ1) is 16.1. The van der Waals surface area contributed by atoms with E-state index in [-0.39, 0.29) is 11.8 Å². The van der Waals surface area contributed by atoms with Gasteiger partial charge in [0.1, 0.15) is 5.75 Å². The molecule has 1 fully saturated rings. The number of fused-ring (bicyclic) bond motifs is 1. The molecule has 1 aliphatic rings. The van der Waals surface area contributed by atoms with Crippen LogP contribution in [0, 0.1) is 11.8 Å². The molecule has 0 saturated heterocycles. The second-order valence-corrected chi connectivity index (χ2v) is 8.99. The van der Waals surface area contributed by atoms with Crippen molar-refractivity contribution >= 4 is 34.7 Å². The van der Waals surface area contributed by atoms with Gasteiger partial charge >= 0.3 is 12.3 Å². The predicted octanol–water partition coefficient (Wildman–Crippen LogP) is 6.77. The highest BCUT2D eigenvalue weighted by atomic mass is 19.4. The van der Waals surface area contributed by atoms with Crippen molar-refractivity contribution in [1.82, 2.24) is 9.55 Å². The maximum Gasteiger partial charge on any atom is 0.573 e. The number of alkyl halides is 3. The highest BCUT2D eigenvalue weighted by molar-refractivity contribution is 5.87. The van der Waals surface area contributed by atoms with Crippen LogP contribution in [0.1, 0.15) is 44.7 Å². The molecular formula is C25H26F3N3O3. The Hall–Kier alpha value is -3.49. The molecule has 180 valence electrons. The van der Waals surface area contributed by atoms with Crippen LogP contribution in [0.5, 0.6) is 5.75 Å². The van der Waals surface area contributed by atoms with Crippen LogP contribution in [0.25, 0.3) is 17.1 Å². The zero-order valence-electron chi connectivity index (χ0n) is 18.8. The zero-order chi connectivity index (χ0) is 24.5. The van der Waals surface area contributed by atoms with E-state index in [4.69, 9.17) is 10.1 Å². The Kier molecular flexibility index (Phi) is 6.54. The van der Waals surface area contributed by atoms with E-state index in [9.17, 15) is 18.0 Å². The van der Waals surface area contributed by atoms with Gasteiger partial charge in [0, 0.05) is 17.8 Å². The molecule has 4 rings (SSSR count). The molecular weight excluding hydrogens is 447 g/mol. The Labute approximate surface area is 195 Å². The molecule has 0 radical (unpaired) electrons. The van der Waals surface area contributed by atoms with Crippen LogP contribution in [-0.4, -0.2) is 27.0 Å². The second kappa shape index (κ2) is 9.40. The fourth-order valence-corrected chi connectivity index (χ4v) is 4.83. The van der Waals surface area contributed by atoms with E-state index in [1.54, 1.807) is 0 Å². The number of imidazole rings is 1. The Balaban J connectivity index is 1.70. The molecule has 34 heavy (non-hydrogen) atoms. The lowest BCUT2D eigenvalue weighted by atomic mass is 9.80. The highest BCUT2D eigenvalue weighted by Gasteiger charge is 2.31. The van der Waals surface area contributed by atoms with Crippen LogP contribution >= 0.6 is 0 Å². The van der Waals surface area contributed by atoms with Gasteiger partial charge in [-0.05, 0) is 79.1 Å². The van der Waals surface area contributed by atoms with Crippen molar-refractivity contribution in [1.29, 1.82) is 0 Å². The number of aromatic nitrogens is 2. The number of carboxylic acids is 1. The van der Waals surface area contributed by atoms with Gasteiger partial charge in [0.25, 0.3) is 0 Å². The van der Waals surface area contributed by atoms with Gasteiger partial charge < -0.3 is 19.7 Å². The van der Waals surface area contributed by atoms with Crippen molar-refractivity contribution < 1.29 is 27.8 Å². The number of halogens is 3. The van der Waals surface area contributed by atoms with Gasteiger partial charge in [-0.1, -0.05) is 19.9 Å². The molecule has 3 aromatic rings. The summed E-state index contributed by atoms with van der Waals surface area (Å²) in [4.78, 5) is 15.6. The van der Waals surface area contributed by atoms with Gasteiger partial charge in [0.05, 0.1) is 11.0 Å². The molecule has 2 atom stereocenters. The summed E-state index contributed by atoms with van der Waals surface area (Å²) in [5.74, 6) is 0.365. The van der Waals surface area contributed by atoms with E-state index in [0.29, 0.717) is 34.6 Å². The average molecular weight is 473 g/mol. The minimum absolute atomic E-state index is 0.208. The Morgan fingerprint density at radius 3 is 2.41 bits per heavy atom. The van der Waals surface area contributed by atoms with Crippen molar-refractivity contribution in [2.75, 3.05) is 5.32 Å². The number of ether oxygens (including phenoxy) is 1. The van der Waals surface area contributed by atoms with Crippen LogP contribution in [0.4, 0.5) is 24.8 Å². The molecule has 6 nitrogen and oxygen atoms in total. The number of benzene rings is 2. The lowest BCUT2D eigenvalue weighted by molar-refractivity contribution is -0.274. The fourth-order valence-electron chi connectivity index (χ4n) is 4.83. The first kappa shape index (κ1) is 23.7. The molecule has 2 N–H and O–H groups in total. The normalized spacial score (nSPS) is 21.1. The summed E-state index contributed by atoms with van der Waals surface area (Å²) >= 11 is 0. The topological polar surface area (TPSA) is 76.4 Å². The molecule has 2 unspecified atom stereocenters. The van der Waals surface area contributed by atoms with Crippen LogP contribution in [0.15, 0.2) is 48.5 Å². The summed E-state index contributed by atoms with van der Waals surface area (Å²) in [6.45, 7) is 4.48. The second-order valence-electron chi connectivity index (χ2n) is 8.99. The Morgan fingerprint density at radius 2 is 1.79 bits per heavy atom. The third kappa shape index (κ3) is 5.70. The molecule has 2 aromatic carbocycles. The van der Waals surface area contributed by atoms with Crippen molar-refractivity contribution in [2.24, 2.45) is 11.8 Å². The van der Waals surface area contributed by atoms with Crippen LogP contribution in [-0.2, 0) is 4.79 Å². The number of aliphatic carboxylic acids is 1. The lowest BCUT2D eigenvalue weighted by Crippen LogP contribution is -2.23. The molecule has 1 saturated carbocycles. The quantitative estimate of drug-likeness (QED) is 0.386. The van der Waals surface area contributed by atoms with Crippen LogP contribution in [0.2, 0.25) is 0 Å². The van der Waals surface area contributed by atoms with Crippen LogP contribution in [0.3, 0.4) is 0 Å². The number of hydrogen-bond donors (Lipinski definition) is 2. The monoisotopic (exact) mass is 473 g/mol. The Morgan fingerprint density at radius 1 is 1.12 bits per heavy atom. The molecule has 1 heterocycles. The van der Waals surface area contributed by atoms with Gasteiger partial charge in [0.2, 0.25) is 5.95 Å². The molecule has 0 aliphatic heterocycles. The summed E-state index contributed by atoms with van der Waals surface area (Å²) in [6.07, 6.45) is 0.984. The number of nitrogens with one attached hydrogen (secondary N) is 1. The molecule has 1 aliphatic carbocycles. The number of carbonyl (C=O) groups is 1. The number of anilines is 2. The van der Waals surface area contributed by atoms with E-state index in [2.05, 4.69) is 28.5 Å². The van der Waals surface area contributed by atoms with E-state index in [0.717, 1.165) is 30.9 Å². The third-order valence-electron chi connectivity index (χ3n) is 5.99. The van der Waals surface area contributed by atoms with E-state index in [1.807, 2.05) is 18.2 Å². The van der Waals surface area contributed by atoms with Crippen molar-refractivity contribution in [2.45, 2.75) is 45.5 Å². The molecule has 0 bridgehead atoms. The molecule has 0 spiro atoms. The summed E-state index contributed by atoms with van der Waals surface area (Å²) < 4.78 is 43.5. The van der Waals surface area contributed by atoms with E-state index in [1.165, 1.54) is 30.3 Å². The Bertz CT molecular complexity index is 1190. The smallest absolute Gasteiger partial charge is 0.478 e. The van der Waals surface area contributed by atoms with Crippen molar-refractivity contribution in [3.63, 3.8) is 0 Å². The number of hydrogen-bond acceptors (Lipinski definition) is 4. The minimum atomic E-state index is -4.75. The summed E-state index contributed by atoms with van der Waals surface area (Å²) in [5, 5.41) is 12.2. The van der Waals surface area contributed by atoms with Crippen molar-refractivity contribution in [3.05, 3.63) is 54.1 Å². The zero-order valence-corrected chi connectivity index (χ0v) is 18.8. The van der Waals surface area contributed by atoms with Gasteiger partial charge in [-0.3, -0.25) is 0 Å². The maximum atomic E-state index is 12.5. The number of carboxylic acid groups (broad SMARTS) is 1. The molecule has 9 heteroatoms. The van der Waals surface area contributed by atoms with Gasteiger partial charge in [-0.15, -0.1) is 13.2 Å². The lowest BCUT2D eigenvalue weighted by Gasteiger charge is -2.33. The first-order valence-electron chi connectivity index (χ1n) is 11.1. The summed E-state index contributed by atoms with van der Waals surface area (Å²) in [6, 6.07) is 11.3. The SMILES string of the molecule is CC1CC(C)CC(n2c(Nc3ccc(OC(F)(F)F)cc3)nc3cc(/C=C/C(=O)O)ccc32)C1. The number of nitrogens with zero attached hydrogens (tertiary/aromatic N) is 2. The van der Waals surface area contributed by atoms with Gasteiger partial charge in [-0.2, -0.15) is 0 Å². The highest BCUT2D eigenvalue weighted by Crippen LogP contribution is 2.40. The average Bonchev–Trinajstić information content (AvgIpc) is 3.09.